The summed E-state index contributed by atoms with van der Waals surface area (Å²) in [5.74, 6) is 2.94. The van der Waals surface area contributed by atoms with Gasteiger partial charge in [-0.15, -0.1) is 0 Å². The standard InChI is InChI=1S/C17H26ClN3/c1-2-21-16(14(18)10-20-21)15(19)9-17-6-11-3-12(7-17)5-13(4-11)8-17/h10-13,15H,2-9,19H2,1H3. The largest absolute Gasteiger partial charge is 0.323 e. The van der Waals surface area contributed by atoms with Gasteiger partial charge in [-0.05, 0) is 75.0 Å². The quantitative estimate of drug-likeness (QED) is 0.907. The zero-order valence-corrected chi connectivity index (χ0v) is 13.6. The minimum absolute atomic E-state index is 0.0381. The molecular weight excluding hydrogens is 282 g/mol. The molecule has 1 aromatic heterocycles. The van der Waals surface area contributed by atoms with Gasteiger partial charge >= 0.3 is 0 Å². The third-order valence-electron chi connectivity index (χ3n) is 6.30. The van der Waals surface area contributed by atoms with Gasteiger partial charge in [0.25, 0.3) is 0 Å². The highest BCUT2D eigenvalue weighted by Crippen LogP contribution is 2.62. The molecule has 4 aliphatic carbocycles. The second-order valence-electron chi connectivity index (χ2n) is 7.92. The van der Waals surface area contributed by atoms with Crippen molar-refractivity contribution >= 4 is 11.6 Å². The van der Waals surface area contributed by atoms with E-state index in [2.05, 4.69) is 12.0 Å². The van der Waals surface area contributed by atoms with Crippen LogP contribution in [0.2, 0.25) is 5.02 Å². The van der Waals surface area contributed by atoms with Crippen LogP contribution in [0.3, 0.4) is 0 Å². The third kappa shape index (κ3) is 2.33. The van der Waals surface area contributed by atoms with E-state index in [4.69, 9.17) is 17.3 Å². The van der Waals surface area contributed by atoms with Crippen LogP contribution in [-0.2, 0) is 6.54 Å². The van der Waals surface area contributed by atoms with Gasteiger partial charge in [-0.1, -0.05) is 11.6 Å². The lowest BCUT2D eigenvalue weighted by Gasteiger charge is -2.57. The van der Waals surface area contributed by atoms with Crippen LogP contribution in [0, 0.1) is 23.2 Å². The fourth-order valence-electron chi connectivity index (χ4n) is 6.10. The van der Waals surface area contributed by atoms with Gasteiger partial charge in [0.1, 0.15) is 0 Å². The number of aromatic nitrogens is 2. The summed E-state index contributed by atoms with van der Waals surface area (Å²) >= 11 is 6.34. The monoisotopic (exact) mass is 307 g/mol. The number of aryl methyl sites for hydroxylation is 1. The van der Waals surface area contributed by atoms with Crippen LogP contribution in [0.25, 0.3) is 0 Å². The molecule has 4 bridgehead atoms. The average molecular weight is 308 g/mol. The van der Waals surface area contributed by atoms with Gasteiger partial charge in [-0.3, -0.25) is 4.68 Å². The van der Waals surface area contributed by atoms with E-state index in [1.165, 1.54) is 38.5 Å². The lowest BCUT2D eigenvalue weighted by atomic mass is 9.48. The fraction of sp³-hybridized carbons (Fsp3) is 0.824. The molecule has 1 aromatic rings. The van der Waals surface area contributed by atoms with E-state index in [1.54, 1.807) is 6.20 Å². The summed E-state index contributed by atoms with van der Waals surface area (Å²) in [5, 5.41) is 5.10. The Balaban J connectivity index is 1.56. The van der Waals surface area contributed by atoms with Crippen LogP contribution in [0.5, 0.6) is 0 Å². The molecule has 0 aliphatic heterocycles. The summed E-state index contributed by atoms with van der Waals surface area (Å²) in [5.41, 5.74) is 8.14. The zero-order valence-electron chi connectivity index (χ0n) is 12.9. The minimum Gasteiger partial charge on any atom is -0.323 e. The summed E-state index contributed by atoms with van der Waals surface area (Å²) in [6, 6.07) is 0.0381. The number of hydrogen-bond donors (Lipinski definition) is 1. The summed E-state index contributed by atoms with van der Waals surface area (Å²) in [7, 11) is 0. The lowest BCUT2D eigenvalue weighted by Crippen LogP contribution is -2.47. The molecule has 4 fully saturated rings. The molecule has 0 spiro atoms. The average Bonchev–Trinajstić information content (AvgIpc) is 2.77. The highest BCUT2D eigenvalue weighted by molar-refractivity contribution is 6.31. The van der Waals surface area contributed by atoms with Crippen molar-refractivity contribution in [3.63, 3.8) is 0 Å². The van der Waals surface area contributed by atoms with E-state index >= 15 is 0 Å². The molecule has 4 aliphatic rings. The molecule has 4 heteroatoms. The molecule has 0 amide bonds. The predicted molar refractivity (Wildman–Crippen MR) is 85.1 cm³/mol. The topological polar surface area (TPSA) is 43.8 Å². The van der Waals surface area contributed by atoms with Gasteiger partial charge in [0.05, 0.1) is 16.9 Å². The Morgan fingerprint density at radius 2 is 1.86 bits per heavy atom. The van der Waals surface area contributed by atoms with Crippen molar-refractivity contribution in [2.24, 2.45) is 28.9 Å². The Hall–Kier alpha value is -0.540. The second-order valence-corrected chi connectivity index (χ2v) is 8.33. The molecule has 1 atom stereocenters. The SMILES string of the molecule is CCn1ncc(Cl)c1C(N)CC12CC3CC(CC(C3)C1)C2. The van der Waals surface area contributed by atoms with Crippen molar-refractivity contribution in [2.45, 2.75) is 64.5 Å². The number of nitrogens with two attached hydrogens (primary N) is 1. The lowest BCUT2D eigenvalue weighted by molar-refractivity contribution is -0.0608. The maximum atomic E-state index is 6.59. The molecule has 4 saturated carbocycles. The van der Waals surface area contributed by atoms with Crippen LogP contribution < -0.4 is 5.73 Å². The summed E-state index contributed by atoms with van der Waals surface area (Å²) in [6.45, 7) is 2.95. The van der Waals surface area contributed by atoms with Crippen molar-refractivity contribution < 1.29 is 0 Å². The van der Waals surface area contributed by atoms with Gasteiger partial charge in [-0.25, -0.2) is 0 Å². The maximum absolute atomic E-state index is 6.59. The first-order valence-corrected chi connectivity index (χ1v) is 8.93. The van der Waals surface area contributed by atoms with Gasteiger partial charge in [0.15, 0.2) is 0 Å². The first kappa shape index (κ1) is 14.1. The van der Waals surface area contributed by atoms with E-state index in [-0.39, 0.29) is 6.04 Å². The summed E-state index contributed by atoms with van der Waals surface area (Å²) < 4.78 is 1.98. The van der Waals surface area contributed by atoms with Crippen LogP contribution in [-0.4, -0.2) is 9.78 Å². The van der Waals surface area contributed by atoms with Gasteiger partial charge < -0.3 is 5.73 Å². The molecule has 2 N–H and O–H groups in total. The molecular formula is C17H26ClN3. The number of halogens is 1. The van der Waals surface area contributed by atoms with Crippen molar-refractivity contribution in [1.29, 1.82) is 0 Å². The van der Waals surface area contributed by atoms with Crippen LogP contribution in [0.1, 0.15) is 63.6 Å². The van der Waals surface area contributed by atoms with Crippen LogP contribution in [0.15, 0.2) is 6.20 Å². The molecule has 1 heterocycles. The zero-order chi connectivity index (χ0) is 14.6. The Morgan fingerprint density at radius 1 is 1.29 bits per heavy atom. The van der Waals surface area contributed by atoms with E-state index in [0.717, 1.165) is 41.4 Å². The number of rotatable bonds is 4. The molecule has 3 nitrogen and oxygen atoms in total. The van der Waals surface area contributed by atoms with Gasteiger partial charge in [0.2, 0.25) is 0 Å². The number of nitrogens with zero attached hydrogens (tertiary/aromatic N) is 2. The normalized spacial score (nSPS) is 38.9. The first-order valence-electron chi connectivity index (χ1n) is 8.55. The highest BCUT2D eigenvalue weighted by atomic mass is 35.5. The Bertz CT molecular complexity index is 501. The summed E-state index contributed by atoms with van der Waals surface area (Å²) in [6.07, 6.45) is 11.5. The van der Waals surface area contributed by atoms with E-state index < -0.39 is 0 Å². The first-order chi connectivity index (χ1) is 10.1. The van der Waals surface area contributed by atoms with E-state index in [1.807, 2.05) is 4.68 Å². The Kier molecular flexibility index (Phi) is 3.34. The van der Waals surface area contributed by atoms with E-state index in [0.29, 0.717) is 5.41 Å². The van der Waals surface area contributed by atoms with Crippen molar-refractivity contribution in [1.82, 2.24) is 9.78 Å². The highest BCUT2D eigenvalue weighted by Gasteiger charge is 2.51. The molecule has 116 valence electrons. The van der Waals surface area contributed by atoms with E-state index in [9.17, 15) is 0 Å². The number of hydrogen-bond acceptors (Lipinski definition) is 2. The Labute approximate surface area is 132 Å². The molecule has 0 radical (unpaired) electrons. The fourth-order valence-corrected chi connectivity index (χ4v) is 6.38. The maximum Gasteiger partial charge on any atom is 0.0834 e. The minimum atomic E-state index is 0.0381. The van der Waals surface area contributed by atoms with Gasteiger partial charge in [0, 0.05) is 12.6 Å². The molecule has 0 saturated heterocycles. The third-order valence-corrected chi connectivity index (χ3v) is 6.59. The molecule has 1 unspecified atom stereocenters. The smallest absolute Gasteiger partial charge is 0.0834 e. The van der Waals surface area contributed by atoms with Gasteiger partial charge in [-0.2, -0.15) is 5.10 Å². The van der Waals surface area contributed by atoms with Crippen molar-refractivity contribution in [2.75, 3.05) is 0 Å². The summed E-state index contributed by atoms with van der Waals surface area (Å²) in [4.78, 5) is 0. The van der Waals surface area contributed by atoms with Crippen molar-refractivity contribution in [3.05, 3.63) is 16.9 Å². The van der Waals surface area contributed by atoms with Crippen molar-refractivity contribution in [3.8, 4) is 0 Å². The molecule has 21 heavy (non-hydrogen) atoms. The van der Waals surface area contributed by atoms with Crippen LogP contribution >= 0.6 is 11.6 Å². The molecule has 0 aromatic carbocycles. The predicted octanol–water partition coefficient (Wildman–Crippen LogP) is 4.16. The second kappa shape index (κ2) is 4.99. The van der Waals surface area contributed by atoms with Crippen LogP contribution in [0.4, 0.5) is 0 Å². The molecule has 5 rings (SSSR count). The Morgan fingerprint density at radius 3 is 2.38 bits per heavy atom.